The van der Waals surface area contributed by atoms with E-state index in [-0.39, 0.29) is 11.4 Å². The molecule has 0 aliphatic heterocycles. The smallest absolute Gasteiger partial charge is 0.129 e. The average Bonchev–Trinajstić information content (AvgIpc) is 2.77. The summed E-state index contributed by atoms with van der Waals surface area (Å²) < 4.78 is 16.4. The fourth-order valence-electron chi connectivity index (χ4n) is 1.82. The minimum atomic E-state index is -0.218. The van der Waals surface area contributed by atoms with Crippen molar-refractivity contribution in [2.45, 2.75) is 39.4 Å². The first-order valence-electron chi connectivity index (χ1n) is 6.55. The topological polar surface area (TPSA) is 29.9 Å². The molecule has 0 saturated heterocycles. The van der Waals surface area contributed by atoms with Crippen molar-refractivity contribution in [1.82, 2.24) is 15.1 Å². The molecule has 0 aliphatic carbocycles. The maximum atomic E-state index is 13.9. The van der Waals surface area contributed by atoms with Crippen LogP contribution in [0.5, 0.6) is 0 Å². The van der Waals surface area contributed by atoms with Crippen LogP contribution in [0.4, 0.5) is 4.39 Å². The quantitative estimate of drug-likeness (QED) is 0.919. The second-order valence-electron chi connectivity index (χ2n) is 5.82. The van der Waals surface area contributed by atoms with Crippen molar-refractivity contribution in [1.29, 1.82) is 0 Å². The van der Waals surface area contributed by atoms with Crippen molar-refractivity contribution in [3.63, 3.8) is 0 Å². The predicted octanol–water partition coefficient (Wildman–Crippen LogP) is 3.72. The zero-order chi connectivity index (χ0) is 14.8. The van der Waals surface area contributed by atoms with Crippen molar-refractivity contribution in [2.24, 2.45) is 0 Å². The van der Waals surface area contributed by atoms with Crippen LogP contribution in [0, 0.1) is 5.82 Å². The van der Waals surface area contributed by atoms with Gasteiger partial charge in [-0.15, -0.1) is 0 Å². The first-order valence-corrected chi connectivity index (χ1v) is 7.34. The monoisotopic (exact) mass is 339 g/mol. The van der Waals surface area contributed by atoms with Crippen LogP contribution in [-0.2, 0) is 13.1 Å². The Labute approximate surface area is 127 Å². The largest absolute Gasteiger partial charge is 0.306 e. The third kappa shape index (κ3) is 4.15. The molecule has 108 valence electrons. The van der Waals surface area contributed by atoms with Gasteiger partial charge in [0, 0.05) is 28.3 Å². The number of hydrogen-bond donors (Lipinski definition) is 1. The molecule has 1 aromatic carbocycles. The van der Waals surface area contributed by atoms with Gasteiger partial charge in [-0.1, -0.05) is 22.0 Å². The minimum Gasteiger partial charge on any atom is -0.306 e. The lowest BCUT2D eigenvalue weighted by Gasteiger charge is -2.20. The van der Waals surface area contributed by atoms with E-state index in [1.165, 1.54) is 6.07 Å². The number of hydrogen-bond acceptors (Lipinski definition) is 2. The van der Waals surface area contributed by atoms with Crippen LogP contribution < -0.4 is 5.32 Å². The maximum absolute atomic E-state index is 13.9. The highest BCUT2D eigenvalue weighted by atomic mass is 79.9. The van der Waals surface area contributed by atoms with Gasteiger partial charge in [0.2, 0.25) is 0 Å². The highest BCUT2D eigenvalue weighted by molar-refractivity contribution is 9.10. The van der Waals surface area contributed by atoms with Crippen LogP contribution in [0.15, 0.2) is 34.9 Å². The van der Waals surface area contributed by atoms with E-state index in [0.29, 0.717) is 18.7 Å². The van der Waals surface area contributed by atoms with Gasteiger partial charge in [-0.05, 0) is 39.0 Å². The van der Waals surface area contributed by atoms with Gasteiger partial charge in [0.1, 0.15) is 5.82 Å². The summed E-state index contributed by atoms with van der Waals surface area (Å²) in [4.78, 5) is 0. The van der Waals surface area contributed by atoms with Crippen molar-refractivity contribution >= 4 is 15.9 Å². The van der Waals surface area contributed by atoms with Gasteiger partial charge < -0.3 is 5.32 Å². The van der Waals surface area contributed by atoms with Crippen molar-refractivity contribution in [2.75, 3.05) is 0 Å². The number of rotatable bonds is 4. The van der Waals surface area contributed by atoms with Crippen molar-refractivity contribution < 1.29 is 4.39 Å². The van der Waals surface area contributed by atoms with Crippen LogP contribution in [0.2, 0.25) is 0 Å². The van der Waals surface area contributed by atoms with E-state index in [9.17, 15) is 4.39 Å². The van der Waals surface area contributed by atoms with Gasteiger partial charge in [0.25, 0.3) is 0 Å². The van der Waals surface area contributed by atoms with Gasteiger partial charge in [-0.25, -0.2) is 4.39 Å². The molecule has 2 aromatic rings. The van der Waals surface area contributed by atoms with Crippen LogP contribution in [0.3, 0.4) is 0 Å². The molecule has 1 N–H and O–H groups in total. The second kappa shape index (κ2) is 6.06. The van der Waals surface area contributed by atoms with Gasteiger partial charge in [-0.3, -0.25) is 4.68 Å². The number of halogens is 2. The zero-order valence-electron chi connectivity index (χ0n) is 12.0. The molecule has 5 heteroatoms. The van der Waals surface area contributed by atoms with E-state index in [2.05, 4.69) is 47.1 Å². The molecule has 3 nitrogen and oxygen atoms in total. The summed E-state index contributed by atoms with van der Waals surface area (Å²) in [7, 11) is 0. The zero-order valence-corrected chi connectivity index (χ0v) is 13.5. The lowest BCUT2D eigenvalue weighted by Crippen LogP contribution is -2.35. The highest BCUT2D eigenvalue weighted by Crippen LogP contribution is 2.16. The summed E-state index contributed by atoms with van der Waals surface area (Å²) in [6.07, 6.45) is 1.75. The Balaban J connectivity index is 2.12. The van der Waals surface area contributed by atoms with Gasteiger partial charge in [0.15, 0.2) is 0 Å². The molecular weight excluding hydrogens is 321 g/mol. The van der Waals surface area contributed by atoms with Gasteiger partial charge in [0.05, 0.1) is 12.2 Å². The molecule has 2 rings (SSSR count). The number of benzene rings is 1. The molecule has 0 amide bonds. The summed E-state index contributed by atoms with van der Waals surface area (Å²) in [6.45, 7) is 7.49. The first-order chi connectivity index (χ1) is 9.35. The Morgan fingerprint density at radius 3 is 2.70 bits per heavy atom. The normalized spacial score (nSPS) is 11.8. The Bertz CT molecular complexity index is 587. The van der Waals surface area contributed by atoms with Crippen molar-refractivity contribution in [3.8, 4) is 0 Å². The molecular formula is C15H19BrFN3. The number of aromatic nitrogens is 2. The molecule has 20 heavy (non-hydrogen) atoms. The van der Waals surface area contributed by atoms with Crippen molar-refractivity contribution in [3.05, 3.63) is 52.0 Å². The molecule has 0 aliphatic rings. The number of nitrogens with one attached hydrogen (secondary N) is 1. The fourth-order valence-corrected chi connectivity index (χ4v) is 2.15. The van der Waals surface area contributed by atoms with E-state index in [1.54, 1.807) is 12.3 Å². The van der Waals surface area contributed by atoms with Crippen LogP contribution in [-0.4, -0.2) is 15.3 Å². The first kappa shape index (κ1) is 15.2. The average molecular weight is 340 g/mol. The molecule has 0 saturated carbocycles. The standard InChI is InChI=1S/C15H19BrFN3/c1-15(2,3)18-9-13-6-7-19-20(13)10-11-4-5-12(16)8-14(11)17/h4-8,18H,9-10H2,1-3H3. The second-order valence-corrected chi connectivity index (χ2v) is 6.74. The van der Waals surface area contributed by atoms with E-state index in [0.717, 1.165) is 10.2 Å². The maximum Gasteiger partial charge on any atom is 0.129 e. The molecule has 0 atom stereocenters. The third-order valence-electron chi connectivity index (χ3n) is 2.94. The Hall–Kier alpha value is -1.20. The molecule has 1 heterocycles. The molecule has 0 spiro atoms. The summed E-state index contributed by atoms with van der Waals surface area (Å²) in [6, 6.07) is 7.05. The molecule has 0 radical (unpaired) electrons. The highest BCUT2D eigenvalue weighted by Gasteiger charge is 2.12. The van der Waals surface area contributed by atoms with E-state index in [4.69, 9.17) is 0 Å². The summed E-state index contributed by atoms with van der Waals surface area (Å²) in [5.74, 6) is -0.218. The molecule has 1 aromatic heterocycles. The van der Waals surface area contributed by atoms with Crippen LogP contribution >= 0.6 is 15.9 Å². The minimum absolute atomic E-state index is 0.0396. The summed E-state index contributed by atoms with van der Waals surface area (Å²) in [5.41, 5.74) is 1.72. The predicted molar refractivity (Wildman–Crippen MR) is 82.0 cm³/mol. The fraction of sp³-hybridized carbons (Fsp3) is 0.400. The van der Waals surface area contributed by atoms with Crippen LogP contribution in [0.25, 0.3) is 0 Å². The lowest BCUT2D eigenvalue weighted by atomic mass is 10.1. The third-order valence-corrected chi connectivity index (χ3v) is 3.43. The molecule has 0 bridgehead atoms. The van der Waals surface area contributed by atoms with Gasteiger partial charge >= 0.3 is 0 Å². The Morgan fingerprint density at radius 2 is 2.05 bits per heavy atom. The van der Waals surface area contributed by atoms with E-state index in [1.807, 2.05) is 16.8 Å². The number of nitrogens with zero attached hydrogens (tertiary/aromatic N) is 2. The Kier molecular flexibility index (Phi) is 4.60. The Morgan fingerprint density at radius 1 is 1.30 bits per heavy atom. The SMILES string of the molecule is CC(C)(C)NCc1ccnn1Cc1ccc(Br)cc1F. The summed E-state index contributed by atoms with van der Waals surface area (Å²) in [5, 5.41) is 7.69. The lowest BCUT2D eigenvalue weighted by molar-refractivity contribution is 0.413. The molecule has 0 unspecified atom stereocenters. The van der Waals surface area contributed by atoms with E-state index < -0.39 is 0 Å². The molecule has 0 fully saturated rings. The van der Waals surface area contributed by atoms with Crippen LogP contribution in [0.1, 0.15) is 32.0 Å². The van der Waals surface area contributed by atoms with E-state index >= 15 is 0 Å². The van der Waals surface area contributed by atoms with Gasteiger partial charge in [-0.2, -0.15) is 5.10 Å². The summed E-state index contributed by atoms with van der Waals surface area (Å²) >= 11 is 3.26.